The van der Waals surface area contributed by atoms with Gasteiger partial charge < -0.3 is 18.9 Å². The molecule has 2 atom stereocenters. The van der Waals surface area contributed by atoms with Crippen molar-refractivity contribution < 1.29 is 42.1 Å². The highest BCUT2D eigenvalue weighted by molar-refractivity contribution is 7.47. The molecule has 0 fully saturated rings. The summed E-state index contributed by atoms with van der Waals surface area (Å²) in [5.74, 6) is -0.775. The first-order valence-corrected chi connectivity index (χ1v) is 38.2. The number of likely N-dealkylation sites (N-methyl/N-ethyl adjacent to an activating group) is 1. The van der Waals surface area contributed by atoms with Crippen molar-refractivity contribution in [1.29, 1.82) is 0 Å². The zero-order chi connectivity index (χ0) is 61.2. The fourth-order valence-corrected chi connectivity index (χ4v) is 11.7. The number of ether oxygens (including phenoxy) is 2. The topological polar surface area (TPSA) is 108 Å². The molecular formula is C74H143NO8P+. The number of phosphoric ester groups is 1. The smallest absolute Gasteiger partial charge is 0.462 e. The number of rotatable bonds is 69. The SMILES string of the molecule is CCCCCCC/C=C\C/C=C\CCCCCCCCCCCCCCCCCCCC(=O)OC(COC(=O)CCCCCCCCCCCCCCCCCCCCC/C=C\CCCCCCCCCC)COP(=O)(O)OCC[N+](C)(C)C. The fraction of sp³-hybridized carbons (Fsp3) is 0.892. The summed E-state index contributed by atoms with van der Waals surface area (Å²) >= 11 is 0. The van der Waals surface area contributed by atoms with E-state index in [4.69, 9.17) is 18.5 Å². The molecule has 0 aliphatic heterocycles. The molecule has 84 heavy (non-hydrogen) atoms. The minimum atomic E-state index is -4.39. The number of quaternary nitrogens is 1. The standard InChI is InChI=1S/C74H142NO8P/c1-6-8-10-12-14-16-18-20-22-24-26-28-30-32-34-36-37-39-40-42-44-46-48-50-52-54-56-58-60-62-64-66-73(76)80-70-72(71-82-84(78,79)81-69-68-75(3,4)5)83-74(77)67-65-63-61-59-57-55-53-51-49-47-45-43-41-38-35-33-31-29-27-25-23-21-19-17-15-13-11-9-7-2/h19,21,24-27,72H,6-18,20,22-23,28-71H2,1-5H3/p+1/b21-19-,26-24-,27-25-. The Labute approximate surface area is 522 Å². The van der Waals surface area contributed by atoms with E-state index in [2.05, 4.69) is 50.3 Å². The van der Waals surface area contributed by atoms with Crippen LogP contribution in [0.2, 0.25) is 0 Å². The van der Waals surface area contributed by atoms with Crippen molar-refractivity contribution in [1.82, 2.24) is 0 Å². The molecule has 0 saturated carbocycles. The van der Waals surface area contributed by atoms with Gasteiger partial charge in [0.2, 0.25) is 0 Å². The van der Waals surface area contributed by atoms with Crippen LogP contribution in [-0.4, -0.2) is 74.9 Å². The molecule has 0 amide bonds. The quantitative estimate of drug-likeness (QED) is 0.0211. The fourth-order valence-electron chi connectivity index (χ4n) is 11.0. The van der Waals surface area contributed by atoms with Gasteiger partial charge in [0.15, 0.2) is 6.10 Å². The summed E-state index contributed by atoms with van der Waals surface area (Å²) in [6.45, 7) is 4.49. The second-order valence-corrected chi connectivity index (χ2v) is 27.8. The van der Waals surface area contributed by atoms with E-state index in [9.17, 15) is 19.0 Å². The number of carbonyl (C=O) groups is 2. The van der Waals surface area contributed by atoms with E-state index in [0.717, 1.165) is 38.5 Å². The van der Waals surface area contributed by atoms with Gasteiger partial charge in [-0.1, -0.05) is 326 Å². The Kier molecular flexibility index (Phi) is 64.3. The van der Waals surface area contributed by atoms with Crippen molar-refractivity contribution in [2.45, 2.75) is 380 Å². The Balaban J connectivity index is 3.97. The summed E-state index contributed by atoms with van der Waals surface area (Å²) in [6, 6.07) is 0. The van der Waals surface area contributed by atoms with Gasteiger partial charge in [0.25, 0.3) is 0 Å². The minimum absolute atomic E-state index is 0.0345. The number of carbonyl (C=O) groups excluding carboxylic acids is 2. The van der Waals surface area contributed by atoms with Crippen molar-refractivity contribution in [2.75, 3.05) is 47.5 Å². The largest absolute Gasteiger partial charge is 0.472 e. The number of unbranched alkanes of at least 4 members (excludes halogenated alkanes) is 49. The molecule has 0 spiro atoms. The number of hydrogen-bond donors (Lipinski definition) is 1. The van der Waals surface area contributed by atoms with Crippen LogP contribution in [0.1, 0.15) is 373 Å². The van der Waals surface area contributed by atoms with Crippen LogP contribution < -0.4 is 0 Å². The van der Waals surface area contributed by atoms with Crippen molar-refractivity contribution in [3.05, 3.63) is 36.5 Å². The molecule has 1 N–H and O–H groups in total. The normalized spacial score (nSPS) is 13.3. The van der Waals surface area contributed by atoms with Crippen LogP contribution in [0.3, 0.4) is 0 Å². The molecule has 0 heterocycles. The van der Waals surface area contributed by atoms with Crippen molar-refractivity contribution in [3.8, 4) is 0 Å². The lowest BCUT2D eigenvalue weighted by atomic mass is 10.0. The van der Waals surface area contributed by atoms with Crippen molar-refractivity contribution >= 4 is 19.8 Å². The summed E-state index contributed by atoms with van der Waals surface area (Å²) in [7, 11) is 1.50. The van der Waals surface area contributed by atoms with E-state index in [1.165, 1.54) is 302 Å². The molecule has 9 nitrogen and oxygen atoms in total. The molecule has 0 bridgehead atoms. The molecule has 0 saturated heterocycles. The number of nitrogens with zero attached hydrogens (tertiary/aromatic N) is 1. The average molecular weight is 1210 g/mol. The van der Waals surface area contributed by atoms with E-state index in [1.54, 1.807) is 0 Å². The molecule has 0 rings (SSSR count). The first kappa shape index (κ1) is 82.2. The first-order valence-electron chi connectivity index (χ1n) is 36.7. The van der Waals surface area contributed by atoms with Gasteiger partial charge in [-0.25, -0.2) is 4.57 Å². The molecule has 10 heteroatoms. The molecule has 0 aliphatic rings. The first-order chi connectivity index (χ1) is 41.0. The maximum absolute atomic E-state index is 12.9. The van der Waals surface area contributed by atoms with Gasteiger partial charge in [0.1, 0.15) is 19.8 Å². The molecule has 2 unspecified atom stereocenters. The van der Waals surface area contributed by atoms with E-state index in [1.807, 2.05) is 21.1 Å². The lowest BCUT2D eigenvalue weighted by molar-refractivity contribution is -0.870. The number of esters is 2. The third-order valence-electron chi connectivity index (χ3n) is 16.6. The van der Waals surface area contributed by atoms with Gasteiger partial charge in [-0.2, -0.15) is 0 Å². The molecular weight excluding hydrogens is 1060 g/mol. The molecule has 0 aromatic rings. The predicted octanol–water partition coefficient (Wildman–Crippen LogP) is 23.8. The van der Waals surface area contributed by atoms with E-state index >= 15 is 0 Å². The van der Waals surface area contributed by atoms with E-state index < -0.39 is 26.5 Å². The van der Waals surface area contributed by atoms with Gasteiger partial charge in [-0.05, 0) is 70.6 Å². The molecule has 0 aliphatic carbocycles. The van der Waals surface area contributed by atoms with Crippen LogP contribution in [-0.2, 0) is 32.7 Å². The molecule has 0 aromatic heterocycles. The monoisotopic (exact) mass is 1210 g/mol. The average Bonchev–Trinajstić information content (AvgIpc) is 3.61. The highest BCUT2D eigenvalue weighted by Gasteiger charge is 2.27. The highest BCUT2D eigenvalue weighted by Crippen LogP contribution is 2.43. The summed E-state index contributed by atoms with van der Waals surface area (Å²) in [5, 5.41) is 0. The van der Waals surface area contributed by atoms with Gasteiger partial charge in [0.05, 0.1) is 27.7 Å². The van der Waals surface area contributed by atoms with Crippen LogP contribution in [0.25, 0.3) is 0 Å². The van der Waals surface area contributed by atoms with Gasteiger partial charge in [0, 0.05) is 12.8 Å². The zero-order valence-corrected chi connectivity index (χ0v) is 57.6. The van der Waals surface area contributed by atoms with Crippen molar-refractivity contribution in [3.63, 3.8) is 0 Å². The lowest BCUT2D eigenvalue weighted by Crippen LogP contribution is -2.37. The summed E-state index contributed by atoms with van der Waals surface area (Å²) < 4.78 is 34.8. The number of phosphoric acid groups is 1. The molecule has 0 aromatic carbocycles. The second kappa shape index (κ2) is 65.7. The van der Waals surface area contributed by atoms with Crippen molar-refractivity contribution in [2.24, 2.45) is 0 Å². The maximum Gasteiger partial charge on any atom is 0.472 e. The zero-order valence-electron chi connectivity index (χ0n) is 56.7. The highest BCUT2D eigenvalue weighted by atomic mass is 31.2. The van der Waals surface area contributed by atoms with Gasteiger partial charge in [-0.15, -0.1) is 0 Å². The van der Waals surface area contributed by atoms with Crippen LogP contribution in [0.15, 0.2) is 36.5 Å². The number of hydrogen-bond acceptors (Lipinski definition) is 7. The second-order valence-electron chi connectivity index (χ2n) is 26.3. The third kappa shape index (κ3) is 69.3. The summed E-state index contributed by atoms with van der Waals surface area (Å²) in [5.41, 5.74) is 0. The van der Waals surface area contributed by atoms with E-state index in [-0.39, 0.29) is 25.6 Å². The Bertz CT molecular complexity index is 1510. The van der Waals surface area contributed by atoms with Gasteiger partial charge >= 0.3 is 19.8 Å². The third-order valence-corrected chi connectivity index (χ3v) is 17.6. The van der Waals surface area contributed by atoms with Crippen LogP contribution in [0, 0.1) is 0 Å². The summed E-state index contributed by atoms with van der Waals surface area (Å²) in [6.07, 6.45) is 84.1. The Morgan fingerprint density at radius 1 is 0.369 bits per heavy atom. The lowest BCUT2D eigenvalue weighted by Gasteiger charge is -2.24. The molecule has 496 valence electrons. The Morgan fingerprint density at radius 2 is 0.643 bits per heavy atom. The maximum atomic E-state index is 12.9. The van der Waals surface area contributed by atoms with Crippen LogP contribution in [0.5, 0.6) is 0 Å². The van der Waals surface area contributed by atoms with Gasteiger partial charge in [-0.3, -0.25) is 18.6 Å². The predicted molar refractivity (Wildman–Crippen MR) is 363 cm³/mol. The minimum Gasteiger partial charge on any atom is -0.462 e. The molecule has 0 radical (unpaired) electrons. The van der Waals surface area contributed by atoms with Crippen LogP contribution in [0.4, 0.5) is 0 Å². The van der Waals surface area contributed by atoms with Crippen LogP contribution >= 0.6 is 7.82 Å². The number of allylic oxidation sites excluding steroid dienone is 6. The Hall–Kier alpha value is -1.77. The summed E-state index contributed by atoms with van der Waals surface area (Å²) in [4.78, 5) is 35.9. The van der Waals surface area contributed by atoms with E-state index in [0.29, 0.717) is 23.9 Å². The Morgan fingerprint density at radius 3 is 0.952 bits per heavy atom.